The van der Waals surface area contributed by atoms with Crippen LogP contribution in [0.4, 0.5) is 4.79 Å². The van der Waals surface area contributed by atoms with E-state index in [4.69, 9.17) is 9.84 Å². The van der Waals surface area contributed by atoms with Crippen molar-refractivity contribution in [2.24, 2.45) is 0 Å². The van der Waals surface area contributed by atoms with Crippen LogP contribution in [0.25, 0.3) is 0 Å². The molecule has 0 radical (unpaired) electrons. The molecule has 0 heterocycles. The first kappa shape index (κ1) is 11.4. The fraction of sp³-hybridized carbons (Fsp3) is 0.364. The summed E-state index contributed by atoms with van der Waals surface area (Å²) in [5.74, 6) is 0.220. The lowest BCUT2D eigenvalue weighted by atomic mass is 10.2. The van der Waals surface area contributed by atoms with Crippen molar-refractivity contribution in [3.63, 3.8) is 0 Å². The average molecular weight is 209 g/mol. The van der Waals surface area contributed by atoms with Gasteiger partial charge in [-0.2, -0.15) is 0 Å². The highest BCUT2D eigenvalue weighted by Crippen LogP contribution is 2.11. The van der Waals surface area contributed by atoms with Crippen molar-refractivity contribution < 1.29 is 14.6 Å². The second kappa shape index (κ2) is 5.24. The maximum absolute atomic E-state index is 11.3. The van der Waals surface area contributed by atoms with Crippen LogP contribution in [0.3, 0.4) is 0 Å². The Labute approximate surface area is 89.1 Å². The Kier molecular flexibility index (Phi) is 3.97. The van der Waals surface area contributed by atoms with Gasteiger partial charge in [-0.15, -0.1) is 0 Å². The highest BCUT2D eigenvalue weighted by Gasteiger charge is 2.08. The summed E-state index contributed by atoms with van der Waals surface area (Å²) in [4.78, 5) is 12.8. The molecule has 1 rings (SSSR count). The van der Waals surface area contributed by atoms with Gasteiger partial charge in [-0.1, -0.05) is 12.1 Å². The van der Waals surface area contributed by atoms with Gasteiger partial charge in [0.1, 0.15) is 5.75 Å². The fourth-order valence-corrected chi connectivity index (χ4v) is 1.17. The van der Waals surface area contributed by atoms with E-state index in [1.165, 1.54) is 4.90 Å². The van der Waals surface area contributed by atoms with Gasteiger partial charge in [-0.05, 0) is 24.6 Å². The van der Waals surface area contributed by atoms with Crippen LogP contribution in [0.15, 0.2) is 24.3 Å². The molecule has 0 spiro atoms. The largest absolute Gasteiger partial charge is 0.508 e. The average Bonchev–Trinajstić information content (AvgIpc) is 2.22. The number of hydrogen-bond acceptors (Lipinski definition) is 3. The molecule has 0 aromatic heterocycles. The number of rotatable bonds is 3. The van der Waals surface area contributed by atoms with E-state index in [0.717, 1.165) is 5.56 Å². The van der Waals surface area contributed by atoms with Gasteiger partial charge < -0.3 is 14.7 Å². The Morgan fingerprint density at radius 1 is 1.40 bits per heavy atom. The summed E-state index contributed by atoms with van der Waals surface area (Å²) in [7, 11) is 1.67. The lowest BCUT2D eigenvalue weighted by Crippen LogP contribution is -2.26. The number of nitrogens with zero attached hydrogens (tertiary/aromatic N) is 1. The Bertz CT molecular complexity index is 321. The number of carbonyl (C=O) groups is 1. The van der Waals surface area contributed by atoms with Gasteiger partial charge in [0.25, 0.3) is 0 Å². The SMILES string of the molecule is CCOC(=O)N(C)Cc1ccc(O)cc1. The van der Waals surface area contributed by atoms with E-state index in [1.54, 1.807) is 38.2 Å². The molecule has 1 aromatic carbocycles. The molecule has 0 aliphatic heterocycles. The van der Waals surface area contributed by atoms with E-state index in [0.29, 0.717) is 13.2 Å². The van der Waals surface area contributed by atoms with Gasteiger partial charge in [0.05, 0.1) is 6.61 Å². The molecule has 0 fully saturated rings. The predicted octanol–water partition coefficient (Wildman–Crippen LogP) is 1.98. The van der Waals surface area contributed by atoms with Gasteiger partial charge in [0.2, 0.25) is 0 Å². The zero-order valence-corrected chi connectivity index (χ0v) is 8.93. The van der Waals surface area contributed by atoms with E-state index in [9.17, 15) is 4.79 Å². The first-order chi connectivity index (χ1) is 7.13. The van der Waals surface area contributed by atoms with Crippen LogP contribution in [0, 0.1) is 0 Å². The Morgan fingerprint density at radius 3 is 2.53 bits per heavy atom. The van der Waals surface area contributed by atoms with Crippen molar-refractivity contribution >= 4 is 6.09 Å². The molecule has 4 heteroatoms. The van der Waals surface area contributed by atoms with Gasteiger partial charge in [0, 0.05) is 13.6 Å². The molecule has 0 saturated heterocycles. The predicted molar refractivity (Wildman–Crippen MR) is 56.6 cm³/mol. The summed E-state index contributed by atoms with van der Waals surface area (Å²) in [5.41, 5.74) is 0.948. The third-order valence-corrected chi connectivity index (χ3v) is 1.94. The second-order valence-electron chi connectivity index (χ2n) is 3.22. The number of hydrogen-bond donors (Lipinski definition) is 1. The van der Waals surface area contributed by atoms with Crippen molar-refractivity contribution in [1.29, 1.82) is 0 Å². The quantitative estimate of drug-likeness (QED) is 0.828. The van der Waals surface area contributed by atoms with Crippen LogP contribution >= 0.6 is 0 Å². The molecule has 0 atom stereocenters. The van der Waals surface area contributed by atoms with Gasteiger partial charge in [-0.3, -0.25) is 0 Å². The molecule has 0 unspecified atom stereocenters. The topological polar surface area (TPSA) is 49.8 Å². The number of ether oxygens (including phenoxy) is 1. The zero-order valence-electron chi connectivity index (χ0n) is 8.93. The van der Waals surface area contributed by atoms with Crippen molar-refractivity contribution in [3.8, 4) is 5.75 Å². The lowest BCUT2D eigenvalue weighted by molar-refractivity contribution is 0.114. The number of phenolic OH excluding ortho intramolecular Hbond substituents is 1. The maximum Gasteiger partial charge on any atom is 0.409 e. The first-order valence-electron chi connectivity index (χ1n) is 4.79. The molecule has 0 aliphatic rings. The van der Waals surface area contributed by atoms with Crippen LogP contribution in [0.2, 0.25) is 0 Å². The van der Waals surface area contributed by atoms with Crippen LogP contribution in [0.1, 0.15) is 12.5 Å². The molecule has 4 nitrogen and oxygen atoms in total. The van der Waals surface area contributed by atoms with Crippen molar-refractivity contribution in [2.75, 3.05) is 13.7 Å². The number of amides is 1. The van der Waals surface area contributed by atoms with Crippen LogP contribution in [-0.2, 0) is 11.3 Å². The molecular weight excluding hydrogens is 194 g/mol. The van der Waals surface area contributed by atoms with E-state index < -0.39 is 0 Å². The van der Waals surface area contributed by atoms with Crippen LogP contribution in [0.5, 0.6) is 5.75 Å². The minimum atomic E-state index is -0.342. The molecule has 0 bridgehead atoms. The Balaban J connectivity index is 2.54. The van der Waals surface area contributed by atoms with E-state index >= 15 is 0 Å². The summed E-state index contributed by atoms with van der Waals surface area (Å²) in [6.07, 6.45) is -0.342. The summed E-state index contributed by atoms with van der Waals surface area (Å²) in [6, 6.07) is 6.72. The summed E-state index contributed by atoms with van der Waals surface area (Å²) in [5, 5.41) is 9.08. The number of phenols is 1. The normalized spacial score (nSPS) is 9.73. The molecule has 1 aromatic rings. The monoisotopic (exact) mass is 209 g/mol. The number of benzene rings is 1. The third kappa shape index (κ3) is 3.50. The molecule has 1 N–H and O–H groups in total. The van der Waals surface area contributed by atoms with E-state index in [1.807, 2.05) is 0 Å². The summed E-state index contributed by atoms with van der Waals surface area (Å²) in [6.45, 7) is 2.62. The minimum Gasteiger partial charge on any atom is -0.508 e. The van der Waals surface area contributed by atoms with E-state index in [-0.39, 0.29) is 11.8 Å². The molecular formula is C11H15NO3. The lowest BCUT2D eigenvalue weighted by Gasteiger charge is -2.16. The maximum atomic E-state index is 11.3. The van der Waals surface area contributed by atoms with Crippen LogP contribution in [-0.4, -0.2) is 29.8 Å². The Morgan fingerprint density at radius 2 is 2.00 bits per heavy atom. The van der Waals surface area contributed by atoms with Crippen molar-refractivity contribution in [2.45, 2.75) is 13.5 Å². The number of aromatic hydroxyl groups is 1. The summed E-state index contributed by atoms with van der Waals surface area (Å²) < 4.78 is 4.84. The third-order valence-electron chi connectivity index (χ3n) is 1.94. The first-order valence-corrected chi connectivity index (χ1v) is 4.79. The van der Waals surface area contributed by atoms with Crippen molar-refractivity contribution in [1.82, 2.24) is 4.90 Å². The smallest absolute Gasteiger partial charge is 0.409 e. The second-order valence-corrected chi connectivity index (χ2v) is 3.22. The fourth-order valence-electron chi connectivity index (χ4n) is 1.17. The molecule has 0 aliphatic carbocycles. The Hall–Kier alpha value is -1.71. The van der Waals surface area contributed by atoms with Gasteiger partial charge in [0.15, 0.2) is 0 Å². The molecule has 1 amide bonds. The standard InChI is InChI=1S/C11H15NO3/c1-3-15-11(14)12(2)8-9-4-6-10(13)7-5-9/h4-7,13H,3,8H2,1-2H3. The summed E-state index contributed by atoms with van der Waals surface area (Å²) >= 11 is 0. The number of carbonyl (C=O) groups excluding carboxylic acids is 1. The van der Waals surface area contributed by atoms with E-state index in [2.05, 4.69) is 0 Å². The zero-order chi connectivity index (χ0) is 11.3. The van der Waals surface area contributed by atoms with Crippen molar-refractivity contribution in [3.05, 3.63) is 29.8 Å². The minimum absolute atomic E-state index is 0.220. The highest BCUT2D eigenvalue weighted by molar-refractivity contribution is 5.67. The van der Waals surface area contributed by atoms with Gasteiger partial charge in [-0.25, -0.2) is 4.79 Å². The highest BCUT2D eigenvalue weighted by atomic mass is 16.5. The van der Waals surface area contributed by atoms with Crippen LogP contribution < -0.4 is 0 Å². The molecule has 0 saturated carbocycles. The van der Waals surface area contributed by atoms with Gasteiger partial charge >= 0.3 is 6.09 Å². The molecule has 82 valence electrons. The molecule has 15 heavy (non-hydrogen) atoms.